The van der Waals surface area contributed by atoms with Crippen LogP contribution in [0.1, 0.15) is 22.8 Å². The van der Waals surface area contributed by atoms with E-state index in [0.717, 1.165) is 67.1 Å². The normalized spacial score (nSPS) is 12.6. The molecule has 7 nitrogen and oxygen atoms in total. The lowest BCUT2D eigenvalue weighted by Crippen LogP contribution is -1.97. The van der Waals surface area contributed by atoms with Crippen LogP contribution in [0.25, 0.3) is 68.6 Å². The first-order chi connectivity index (χ1) is 19.4. The quantitative estimate of drug-likeness (QED) is 0.204. The van der Waals surface area contributed by atoms with Crippen LogP contribution >= 0.6 is 0 Å². The lowest BCUT2D eigenvalue weighted by Gasteiger charge is -2.06. The van der Waals surface area contributed by atoms with Crippen LogP contribution in [0.3, 0.4) is 0 Å². The molecule has 0 aliphatic carbocycles. The van der Waals surface area contributed by atoms with Crippen LogP contribution in [0.15, 0.2) is 95.9 Å². The minimum atomic E-state index is -4.32. The number of aromatic amines is 2. The summed E-state index contributed by atoms with van der Waals surface area (Å²) in [6.45, 7) is 0. The topological polar surface area (TPSA) is 112 Å². The first-order valence-electron chi connectivity index (χ1n) is 12.6. The fourth-order valence-electron chi connectivity index (χ4n) is 5.08. The van der Waals surface area contributed by atoms with Gasteiger partial charge in [0.15, 0.2) is 0 Å². The van der Waals surface area contributed by atoms with Gasteiger partial charge in [0, 0.05) is 33.2 Å². The van der Waals surface area contributed by atoms with E-state index in [9.17, 15) is 13.0 Å². The molecule has 5 heterocycles. The average Bonchev–Trinajstić information content (AvgIpc) is 3.76. The molecule has 7 rings (SSSR count). The SMILES string of the molecule is O=S(=O)(O)c1ccc(-c2c3nc(c(-c4ccccc4)c4ccc(cc5nc(cc6ccc2[nH]6)C=C5)[nH]4)C=C3)cc1. The van der Waals surface area contributed by atoms with E-state index in [1.54, 1.807) is 12.1 Å². The number of nitrogens with one attached hydrogen (secondary N) is 2. The maximum Gasteiger partial charge on any atom is 0.294 e. The summed E-state index contributed by atoms with van der Waals surface area (Å²) in [5.41, 5.74) is 10.2. The lowest BCUT2D eigenvalue weighted by atomic mass is 10.0. The van der Waals surface area contributed by atoms with Gasteiger partial charge in [0.2, 0.25) is 0 Å². The Balaban J connectivity index is 1.59. The number of rotatable bonds is 3. The zero-order chi connectivity index (χ0) is 27.3. The van der Waals surface area contributed by atoms with E-state index in [-0.39, 0.29) is 4.90 Å². The lowest BCUT2D eigenvalue weighted by molar-refractivity contribution is 0.483. The molecule has 0 radical (unpaired) electrons. The van der Waals surface area contributed by atoms with E-state index >= 15 is 0 Å². The zero-order valence-electron chi connectivity index (χ0n) is 21.0. The highest BCUT2D eigenvalue weighted by molar-refractivity contribution is 7.85. The van der Waals surface area contributed by atoms with E-state index in [1.165, 1.54) is 12.1 Å². The minimum absolute atomic E-state index is 0.168. The Morgan fingerprint density at radius 3 is 1.62 bits per heavy atom. The Morgan fingerprint density at radius 1 is 0.575 bits per heavy atom. The van der Waals surface area contributed by atoms with Crippen LogP contribution in [0.5, 0.6) is 0 Å². The summed E-state index contributed by atoms with van der Waals surface area (Å²) >= 11 is 0. The molecule has 8 bridgehead atoms. The maximum absolute atomic E-state index is 11.7. The van der Waals surface area contributed by atoms with Gasteiger partial charge in [0.1, 0.15) is 0 Å². The summed E-state index contributed by atoms with van der Waals surface area (Å²) in [4.78, 5) is 16.7. The number of aromatic nitrogens is 4. The van der Waals surface area contributed by atoms with E-state index in [2.05, 4.69) is 22.1 Å². The van der Waals surface area contributed by atoms with Crippen molar-refractivity contribution in [3.05, 3.63) is 114 Å². The van der Waals surface area contributed by atoms with E-state index in [0.29, 0.717) is 0 Å². The van der Waals surface area contributed by atoms with Crippen molar-refractivity contribution in [1.82, 2.24) is 19.9 Å². The van der Waals surface area contributed by atoms with Crippen molar-refractivity contribution in [3.8, 4) is 22.3 Å². The molecular weight excluding hydrogens is 520 g/mol. The molecule has 2 aromatic carbocycles. The Hall–Kier alpha value is -5.05. The van der Waals surface area contributed by atoms with Crippen molar-refractivity contribution in [1.29, 1.82) is 0 Å². The summed E-state index contributed by atoms with van der Waals surface area (Å²) < 4.78 is 32.8. The molecule has 0 amide bonds. The highest BCUT2D eigenvalue weighted by atomic mass is 32.2. The van der Waals surface area contributed by atoms with Gasteiger partial charge < -0.3 is 9.97 Å². The van der Waals surface area contributed by atoms with Crippen molar-refractivity contribution in [2.75, 3.05) is 0 Å². The van der Waals surface area contributed by atoms with Gasteiger partial charge in [-0.25, -0.2) is 9.97 Å². The van der Waals surface area contributed by atoms with Gasteiger partial charge in [0.25, 0.3) is 10.1 Å². The standard InChI is InChI=1S/C32H22N4O3S/c37-40(38,39)26-12-6-21(7-13-26)32-28-15-11-25(35-28)19-23-9-8-22(33-23)18-24-10-14-27(34-24)31(20-4-2-1-3-5-20)29-16-17-30(32)36-29/h1-19,34-35H,(H,37,38,39). The number of H-pyrrole nitrogens is 2. The van der Waals surface area contributed by atoms with Crippen molar-refractivity contribution >= 4 is 56.5 Å². The zero-order valence-corrected chi connectivity index (χ0v) is 21.9. The van der Waals surface area contributed by atoms with Crippen LogP contribution < -0.4 is 0 Å². The second kappa shape index (κ2) is 9.30. The first kappa shape index (κ1) is 24.0. The molecular formula is C32H22N4O3S. The average molecular weight is 543 g/mol. The maximum atomic E-state index is 11.7. The Morgan fingerprint density at radius 2 is 1.10 bits per heavy atom. The van der Waals surface area contributed by atoms with Gasteiger partial charge in [-0.15, -0.1) is 0 Å². The monoisotopic (exact) mass is 542 g/mol. The van der Waals surface area contributed by atoms with Gasteiger partial charge in [-0.1, -0.05) is 42.5 Å². The molecule has 2 aliphatic rings. The summed E-state index contributed by atoms with van der Waals surface area (Å²) in [5, 5.41) is 0. The predicted molar refractivity (Wildman–Crippen MR) is 160 cm³/mol. The largest absolute Gasteiger partial charge is 0.355 e. The number of nitrogens with zero attached hydrogens (tertiary/aromatic N) is 2. The highest BCUT2D eigenvalue weighted by Crippen LogP contribution is 2.34. The molecule has 40 heavy (non-hydrogen) atoms. The molecule has 0 unspecified atom stereocenters. The number of hydrogen-bond donors (Lipinski definition) is 3. The fraction of sp³-hybridized carbons (Fsp3) is 0. The van der Waals surface area contributed by atoms with Crippen molar-refractivity contribution in [2.24, 2.45) is 0 Å². The molecule has 5 aromatic rings. The summed E-state index contributed by atoms with van der Waals surface area (Å²) in [5.74, 6) is 0. The van der Waals surface area contributed by atoms with Gasteiger partial charge in [-0.3, -0.25) is 4.55 Å². The molecule has 0 fully saturated rings. The molecule has 194 valence electrons. The molecule has 3 N–H and O–H groups in total. The molecule has 3 aromatic heterocycles. The molecule has 0 atom stereocenters. The second-order valence-electron chi connectivity index (χ2n) is 9.57. The van der Waals surface area contributed by atoms with E-state index in [4.69, 9.17) is 9.97 Å². The first-order valence-corrected chi connectivity index (χ1v) is 14.1. The van der Waals surface area contributed by atoms with E-state index < -0.39 is 10.1 Å². The van der Waals surface area contributed by atoms with Crippen molar-refractivity contribution < 1.29 is 13.0 Å². The highest BCUT2D eigenvalue weighted by Gasteiger charge is 2.16. The minimum Gasteiger partial charge on any atom is -0.355 e. The predicted octanol–water partition coefficient (Wildman–Crippen LogP) is 7.24. The third kappa shape index (κ3) is 4.45. The number of fused-ring (bicyclic) bond motifs is 8. The summed E-state index contributed by atoms with van der Waals surface area (Å²) in [6.07, 6.45) is 7.91. The number of benzene rings is 2. The fourth-order valence-corrected chi connectivity index (χ4v) is 5.56. The molecule has 0 saturated heterocycles. The van der Waals surface area contributed by atoms with Crippen molar-refractivity contribution in [2.45, 2.75) is 4.90 Å². The van der Waals surface area contributed by atoms with Crippen LogP contribution in [0, 0.1) is 0 Å². The van der Waals surface area contributed by atoms with Crippen LogP contribution in [0.2, 0.25) is 0 Å². The summed E-state index contributed by atoms with van der Waals surface area (Å²) in [7, 11) is -4.32. The van der Waals surface area contributed by atoms with Crippen LogP contribution in [0.4, 0.5) is 0 Å². The molecule has 8 heteroatoms. The van der Waals surface area contributed by atoms with Gasteiger partial charge in [-0.2, -0.15) is 8.42 Å². The Labute approximate surface area is 230 Å². The van der Waals surface area contributed by atoms with Crippen LogP contribution in [-0.2, 0) is 10.1 Å². The van der Waals surface area contributed by atoms with Gasteiger partial charge in [-0.05, 0) is 84.0 Å². The Bertz CT molecular complexity index is 2120. The Kier molecular flexibility index (Phi) is 5.59. The molecule has 2 aliphatic heterocycles. The third-order valence-corrected chi connectivity index (χ3v) is 7.77. The van der Waals surface area contributed by atoms with Crippen molar-refractivity contribution in [3.63, 3.8) is 0 Å². The van der Waals surface area contributed by atoms with Crippen LogP contribution in [-0.4, -0.2) is 32.9 Å². The smallest absolute Gasteiger partial charge is 0.294 e. The third-order valence-electron chi connectivity index (χ3n) is 6.90. The van der Waals surface area contributed by atoms with E-state index in [1.807, 2.05) is 78.9 Å². The molecule has 0 spiro atoms. The van der Waals surface area contributed by atoms with Gasteiger partial charge in [0.05, 0.1) is 27.7 Å². The molecule has 0 saturated carbocycles. The number of hydrogen-bond acceptors (Lipinski definition) is 4. The van der Waals surface area contributed by atoms with Gasteiger partial charge >= 0.3 is 0 Å². The summed E-state index contributed by atoms with van der Waals surface area (Å²) in [6, 6.07) is 28.3. The second-order valence-corrected chi connectivity index (χ2v) is 11.0.